The van der Waals surface area contributed by atoms with Crippen LogP contribution >= 0.6 is 0 Å². The summed E-state index contributed by atoms with van der Waals surface area (Å²) in [6.45, 7) is 0. The molecule has 0 fully saturated rings. The van der Waals surface area contributed by atoms with Crippen molar-refractivity contribution in [1.29, 1.82) is 0 Å². The number of pyridine rings is 1. The van der Waals surface area contributed by atoms with E-state index in [2.05, 4.69) is 30.5 Å². The lowest BCUT2D eigenvalue weighted by Crippen LogP contribution is -2.01. The summed E-state index contributed by atoms with van der Waals surface area (Å²) in [5, 5.41) is 10.8. The lowest BCUT2D eigenvalue weighted by molar-refractivity contribution is 1.04. The second-order valence-corrected chi connectivity index (χ2v) is 3.91. The first kappa shape index (κ1) is 10.6. The van der Waals surface area contributed by atoms with Gasteiger partial charge in [-0.05, 0) is 17.7 Å². The van der Waals surface area contributed by atoms with Gasteiger partial charge in [0.15, 0.2) is 5.65 Å². The molecule has 3 aromatic rings. The summed E-state index contributed by atoms with van der Waals surface area (Å²) >= 11 is 0. The van der Waals surface area contributed by atoms with E-state index >= 15 is 0 Å². The second kappa shape index (κ2) is 4.40. The Bertz CT molecular complexity index is 661. The molecule has 0 aliphatic carbocycles. The molecule has 3 heterocycles. The first-order valence-electron chi connectivity index (χ1n) is 5.63. The Labute approximate surface area is 104 Å². The van der Waals surface area contributed by atoms with Gasteiger partial charge in [-0.2, -0.15) is 10.1 Å². The molecule has 0 aliphatic heterocycles. The van der Waals surface area contributed by atoms with Crippen molar-refractivity contribution in [1.82, 2.24) is 25.1 Å². The van der Waals surface area contributed by atoms with Gasteiger partial charge in [0.25, 0.3) is 0 Å². The van der Waals surface area contributed by atoms with Crippen LogP contribution in [0.3, 0.4) is 0 Å². The van der Waals surface area contributed by atoms with E-state index < -0.39 is 0 Å². The number of H-pyrrole nitrogens is 1. The van der Waals surface area contributed by atoms with Gasteiger partial charge in [-0.15, -0.1) is 0 Å². The molecule has 0 atom stereocenters. The summed E-state index contributed by atoms with van der Waals surface area (Å²) in [5.41, 5.74) is 2.86. The van der Waals surface area contributed by atoms with E-state index in [1.807, 2.05) is 12.1 Å². The number of nitrogens with one attached hydrogen (secondary N) is 2. The van der Waals surface area contributed by atoms with Crippen LogP contribution < -0.4 is 5.32 Å². The molecule has 2 N–H and O–H groups in total. The fraction of sp³-hybridized carbons (Fsp3) is 0.167. The van der Waals surface area contributed by atoms with Gasteiger partial charge in [-0.25, -0.2) is 4.98 Å². The van der Waals surface area contributed by atoms with Crippen molar-refractivity contribution < 1.29 is 0 Å². The van der Waals surface area contributed by atoms with Crippen molar-refractivity contribution in [3.8, 4) is 0 Å². The van der Waals surface area contributed by atoms with Crippen molar-refractivity contribution in [2.45, 2.75) is 6.42 Å². The highest BCUT2D eigenvalue weighted by Gasteiger charge is 2.09. The number of aromatic nitrogens is 5. The topological polar surface area (TPSA) is 79.4 Å². The van der Waals surface area contributed by atoms with E-state index in [0.29, 0.717) is 5.95 Å². The van der Waals surface area contributed by atoms with Gasteiger partial charge >= 0.3 is 0 Å². The van der Waals surface area contributed by atoms with Crippen LogP contribution in [0.25, 0.3) is 11.0 Å². The molecule has 0 aliphatic rings. The molecule has 0 radical (unpaired) electrons. The normalized spacial score (nSPS) is 10.7. The number of rotatable bonds is 3. The highest BCUT2D eigenvalue weighted by Crippen LogP contribution is 2.18. The minimum Gasteiger partial charge on any atom is -0.357 e. The molecule has 3 rings (SSSR count). The van der Waals surface area contributed by atoms with Crippen LogP contribution in [0.2, 0.25) is 0 Å². The van der Waals surface area contributed by atoms with Gasteiger partial charge in [0, 0.05) is 25.9 Å². The number of hydrogen-bond acceptors (Lipinski definition) is 5. The number of hydrogen-bond donors (Lipinski definition) is 2. The number of nitrogens with zero attached hydrogens (tertiary/aromatic N) is 4. The molecule has 0 bridgehead atoms. The third-order valence-corrected chi connectivity index (χ3v) is 2.73. The number of aromatic amines is 1. The third-order valence-electron chi connectivity index (χ3n) is 2.73. The van der Waals surface area contributed by atoms with Crippen LogP contribution in [0.5, 0.6) is 0 Å². The molecule has 3 aromatic heterocycles. The average Bonchev–Trinajstić information content (AvgIpc) is 2.88. The quantitative estimate of drug-likeness (QED) is 0.723. The monoisotopic (exact) mass is 240 g/mol. The van der Waals surface area contributed by atoms with E-state index in [-0.39, 0.29) is 0 Å². The zero-order chi connectivity index (χ0) is 12.4. The summed E-state index contributed by atoms with van der Waals surface area (Å²) in [5.74, 6) is 0.593. The Morgan fingerprint density at radius 1 is 1.22 bits per heavy atom. The molecule has 90 valence electrons. The highest BCUT2D eigenvalue weighted by atomic mass is 15.2. The van der Waals surface area contributed by atoms with Gasteiger partial charge in [0.2, 0.25) is 5.95 Å². The molecule has 0 unspecified atom stereocenters. The van der Waals surface area contributed by atoms with E-state index in [1.54, 1.807) is 25.6 Å². The summed E-state index contributed by atoms with van der Waals surface area (Å²) in [6, 6.07) is 3.96. The molecule has 0 saturated carbocycles. The average molecular weight is 240 g/mol. The minimum atomic E-state index is 0.593. The summed E-state index contributed by atoms with van der Waals surface area (Å²) in [4.78, 5) is 12.8. The summed E-state index contributed by atoms with van der Waals surface area (Å²) in [6.07, 6.45) is 6.05. The predicted octanol–water partition coefficient (Wildman–Crippen LogP) is 1.38. The highest BCUT2D eigenvalue weighted by molar-refractivity contribution is 5.78. The lowest BCUT2D eigenvalue weighted by atomic mass is 10.1. The maximum atomic E-state index is 4.48. The molecule has 6 nitrogen and oxygen atoms in total. The maximum absolute atomic E-state index is 4.48. The lowest BCUT2D eigenvalue weighted by Gasteiger charge is -2.05. The van der Waals surface area contributed by atoms with Crippen LogP contribution in [0.4, 0.5) is 5.95 Å². The van der Waals surface area contributed by atoms with Crippen molar-refractivity contribution >= 4 is 17.0 Å². The van der Waals surface area contributed by atoms with Gasteiger partial charge in [0.1, 0.15) is 0 Å². The van der Waals surface area contributed by atoms with Crippen molar-refractivity contribution in [3.63, 3.8) is 0 Å². The largest absolute Gasteiger partial charge is 0.357 e. The van der Waals surface area contributed by atoms with Crippen LogP contribution in [0.1, 0.15) is 11.3 Å². The zero-order valence-electron chi connectivity index (χ0n) is 9.88. The molecular formula is C12H12N6. The Kier molecular flexibility index (Phi) is 2.60. The molecule has 0 spiro atoms. The second-order valence-electron chi connectivity index (χ2n) is 3.91. The minimum absolute atomic E-state index is 0.593. The van der Waals surface area contributed by atoms with Gasteiger partial charge in [-0.3, -0.25) is 10.1 Å². The maximum Gasteiger partial charge on any atom is 0.224 e. The Balaban J connectivity index is 2.07. The fourth-order valence-corrected chi connectivity index (χ4v) is 1.84. The molecule has 0 saturated heterocycles. The number of anilines is 1. The van der Waals surface area contributed by atoms with Gasteiger partial charge < -0.3 is 5.32 Å². The van der Waals surface area contributed by atoms with E-state index in [9.17, 15) is 0 Å². The smallest absolute Gasteiger partial charge is 0.224 e. The first-order valence-corrected chi connectivity index (χ1v) is 5.63. The van der Waals surface area contributed by atoms with Gasteiger partial charge in [-0.1, -0.05) is 0 Å². The van der Waals surface area contributed by atoms with E-state index in [0.717, 1.165) is 28.7 Å². The molecular weight excluding hydrogens is 228 g/mol. The van der Waals surface area contributed by atoms with Crippen molar-refractivity contribution in [2.75, 3.05) is 12.4 Å². The first-order chi connectivity index (χ1) is 8.86. The van der Waals surface area contributed by atoms with E-state index in [4.69, 9.17) is 0 Å². The predicted molar refractivity (Wildman–Crippen MR) is 68.3 cm³/mol. The Morgan fingerprint density at radius 3 is 2.83 bits per heavy atom. The van der Waals surface area contributed by atoms with Crippen molar-refractivity contribution in [3.05, 3.63) is 42.0 Å². The van der Waals surface area contributed by atoms with Crippen LogP contribution in [-0.2, 0) is 6.42 Å². The molecule has 0 aromatic carbocycles. The summed E-state index contributed by atoms with van der Waals surface area (Å²) < 4.78 is 0. The molecule has 18 heavy (non-hydrogen) atoms. The van der Waals surface area contributed by atoms with Crippen LogP contribution in [0, 0.1) is 0 Å². The SMILES string of the molecule is CNc1nc(Cc2ccncc2)c2cn[nH]c2n1. The number of fused-ring (bicyclic) bond motifs is 1. The zero-order valence-corrected chi connectivity index (χ0v) is 9.88. The Hall–Kier alpha value is -2.50. The van der Waals surface area contributed by atoms with Crippen LogP contribution in [0.15, 0.2) is 30.7 Å². The van der Waals surface area contributed by atoms with Crippen molar-refractivity contribution in [2.24, 2.45) is 0 Å². The Morgan fingerprint density at radius 2 is 2.06 bits per heavy atom. The summed E-state index contributed by atoms with van der Waals surface area (Å²) in [7, 11) is 1.80. The third kappa shape index (κ3) is 1.88. The molecule has 0 amide bonds. The van der Waals surface area contributed by atoms with Crippen LogP contribution in [-0.4, -0.2) is 32.2 Å². The molecule has 6 heteroatoms. The van der Waals surface area contributed by atoms with Gasteiger partial charge in [0.05, 0.1) is 17.3 Å². The van der Waals surface area contributed by atoms with E-state index in [1.165, 1.54) is 0 Å². The fourth-order valence-electron chi connectivity index (χ4n) is 1.84. The standard InChI is InChI=1S/C12H12N6/c1-13-12-16-10(6-8-2-4-14-5-3-8)9-7-15-18-11(9)17-12/h2-5,7H,6H2,1H3,(H2,13,15,16,17,18).